The highest BCUT2D eigenvalue weighted by Gasteiger charge is 2.10. The molecule has 0 aliphatic carbocycles. The first-order valence-corrected chi connectivity index (χ1v) is 2.48. The molecule has 3 N–H and O–H groups in total. The Kier molecular flexibility index (Phi) is 4.99. The third kappa shape index (κ3) is 10.7. The lowest BCUT2D eigenvalue weighted by Gasteiger charge is -1.90. The van der Waals surface area contributed by atoms with Crippen LogP contribution in [-0.4, -0.2) is 15.0 Å². The van der Waals surface area contributed by atoms with Gasteiger partial charge in [-0.2, -0.15) is 0 Å². The van der Waals surface area contributed by atoms with E-state index in [4.69, 9.17) is 15.0 Å². The fraction of sp³-hybridized carbons (Fsp3) is 0. The van der Waals surface area contributed by atoms with Gasteiger partial charge in [-0.3, -0.25) is 0 Å². The third-order valence-electron chi connectivity index (χ3n) is 0.106. The van der Waals surface area contributed by atoms with E-state index in [0.717, 1.165) is 0 Å². The Bertz CT molecular complexity index is 72.1. The van der Waals surface area contributed by atoms with Gasteiger partial charge in [-0.15, -0.1) is 17.1 Å². The first kappa shape index (κ1) is 10.4. The molecule has 7 heavy (non-hydrogen) atoms. The molecule has 7 heteroatoms. The number of hydrogen-bond donors (Lipinski definition) is 3. The molecule has 0 saturated carbocycles. The van der Waals surface area contributed by atoms with E-state index in [-0.39, 0.29) is 12.4 Å². The zero-order valence-corrected chi connectivity index (χ0v) is 4.72. The van der Waals surface area contributed by atoms with E-state index in [1.54, 1.807) is 0 Å². The van der Waals surface area contributed by atoms with Gasteiger partial charge in [0.15, 0.2) is 0 Å². The van der Waals surface area contributed by atoms with Crippen molar-refractivity contribution < 1.29 is 24.3 Å². The zero-order valence-electron chi connectivity index (χ0n) is 3.01. The smallest absolute Gasteiger partial charge is 0.301 e. The molecule has 5 nitrogen and oxygen atoms in total. The second-order valence-electron chi connectivity index (χ2n) is 0.572. The van der Waals surface area contributed by atoms with E-state index in [1.165, 1.54) is 0 Å². The highest BCUT2D eigenvalue weighted by molar-refractivity contribution is 7.46. The van der Waals surface area contributed by atoms with Crippen molar-refractivity contribution in [2.45, 2.75) is 0 Å². The minimum atomic E-state index is -4.59. The number of hydrogen-bond acceptors (Lipinski definition) is 3. The van der Waals surface area contributed by atoms with Crippen molar-refractivity contribution in [2.75, 3.05) is 0 Å². The molecule has 0 aliphatic rings. The van der Waals surface area contributed by atoms with Crippen LogP contribution in [0.15, 0.2) is 0 Å². The quantitative estimate of drug-likeness (QED) is 0.278. The summed E-state index contributed by atoms with van der Waals surface area (Å²) in [6.07, 6.45) is 0. The second kappa shape index (κ2) is 3.37. The van der Waals surface area contributed by atoms with E-state index < -0.39 is 7.82 Å². The molecule has 0 spiro atoms. The zero-order chi connectivity index (χ0) is 5.21. The largest absolute Gasteiger partial charge is 0.496 e. The van der Waals surface area contributed by atoms with Crippen LogP contribution >= 0.6 is 20.2 Å². The number of rotatable bonds is 1. The molecule has 0 aromatic rings. The van der Waals surface area contributed by atoms with Gasteiger partial charge in [0.1, 0.15) is 0 Å². The van der Waals surface area contributed by atoms with E-state index in [2.05, 4.69) is 4.67 Å². The summed E-state index contributed by atoms with van der Waals surface area (Å²) in [5, 5.41) is 7.14. The van der Waals surface area contributed by atoms with Gasteiger partial charge in [-0.1, -0.05) is 0 Å². The Labute approximate surface area is 45.5 Å². The summed E-state index contributed by atoms with van der Waals surface area (Å²) < 4.78 is 11.8. The molecule has 0 amide bonds. The first-order valence-electron chi connectivity index (χ1n) is 0.948. The maximum absolute atomic E-state index is 9.22. The highest BCUT2D eigenvalue weighted by Crippen LogP contribution is 2.33. The summed E-state index contributed by atoms with van der Waals surface area (Å²) in [5.74, 6) is 0. The summed E-state index contributed by atoms with van der Waals surface area (Å²) in [6.45, 7) is 0. The van der Waals surface area contributed by atoms with Gasteiger partial charge >= 0.3 is 7.82 Å². The Morgan fingerprint density at radius 3 is 1.57 bits per heavy atom. The molecule has 0 fully saturated rings. The molecule has 0 saturated heterocycles. The summed E-state index contributed by atoms with van der Waals surface area (Å²) in [6, 6.07) is 0. The van der Waals surface area contributed by atoms with Crippen molar-refractivity contribution in [3.63, 3.8) is 0 Å². The fourth-order valence-electron chi connectivity index (χ4n) is 0. The fourth-order valence-corrected chi connectivity index (χ4v) is 0. The van der Waals surface area contributed by atoms with Crippen molar-refractivity contribution in [1.82, 2.24) is 0 Å². The molecular formula is H4ClO5P. The first-order chi connectivity index (χ1) is 2.56. The summed E-state index contributed by atoms with van der Waals surface area (Å²) in [7, 11) is -4.59. The van der Waals surface area contributed by atoms with Crippen LogP contribution in [0.1, 0.15) is 0 Å². The lowest BCUT2D eigenvalue weighted by Crippen LogP contribution is -1.77. The summed E-state index contributed by atoms with van der Waals surface area (Å²) in [4.78, 5) is 14.9. The average Bonchev–Trinajstić information content (AvgIpc) is 1.35. The highest BCUT2D eigenvalue weighted by atomic mass is 35.5. The molecule has 0 atom stereocenters. The molecular weight excluding hydrogens is 146 g/mol. The van der Waals surface area contributed by atoms with Crippen LogP contribution in [0, 0.1) is 0 Å². The molecule has 0 unspecified atom stereocenters. The van der Waals surface area contributed by atoms with Gasteiger partial charge in [-0.25, -0.2) is 9.82 Å². The summed E-state index contributed by atoms with van der Waals surface area (Å²) in [5.41, 5.74) is 0. The topological polar surface area (TPSA) is 87.0 Å². The van der Waals surface area contributed by atoms with E-state index >= 15 is 0 Å². The molecule has 0 aliphatic heterocycles. The average molecular weight is 150 g/mol. The van der Waals surface area contributed by atoms with Crippen molar-refractivity contribution in [2.24, 2.45) is 0 Å². The van der Waals surface area contributed by atoms with Gasteiger partial charge in [0.05, 0.1) is 0 Å². The Balaban J connectivity index is 0. The van der Waals surface area contributed by atoms with Crippen LogP contribution < -0.4 is 0 Å². The minimum absolute atomic E-state index is 0. The maximum atomic E-state index is 9.22. The lowest BCUT2D eigenvalue weighted by molar-refractivity contribution is -0.158. The van der Waals surface area contributed by atoms with Crippen molar-refractivity contribution in [3.8, 4) is 0 Å². The van der Waals surface area contributed by atoms with E-state index in [1.807, 2.05) is 0 Å². The Morgan fingerprint density at radius 2 is 1.57 bits per heavy atom. The van der Waals surface area contributed by atoms with Gasteiger partial charge in [0.2, 0.25) is 0 Å². The van der Waals surface area contributed by atoms with E-state index in [9.17, 15) is 4.57 Å². The van der Waals surface area contributed by atoms with Gasteiger partial charge < -0.3 is 9.79 Å². The maximum Gasteiger partial charge on any atom is 0.496 e. The summed E-state index contributed by atoms with van der Waals surface area (Å²) >= 11 is 0. The van der Waals surface area contributed by atoms with E-state index in [0.29, 0.717) is 0 Å². The number of phosphoric acid groups is 1. The van der Waals surface area contributed by atoms with Crippen molar-refractivity contribution in [1.29, 1.82) is 0 Å². The molecule has 0 aromatic heterocycles. The predicted octanol–water partition coefficient (Wildman–Crippen LogP) is -0.00950. The predicted molar refractivity (Wildman–Crippen MR) is 23.0 cm³/mol. The Morgan fingerprint density at radius 1 is 1.43 bits per heavy atom. The number of halogens is 1. The molecule has 0 bridgehead atoms. The van der Waals surface area contributed by atoms with Crippen LogP contribution in [-0.2, 0) is 9.24 Å². The molecule has 0 rings (SSSR count). The van der Waals surface area contributed by atoms with Gasteiger partial charge in [-0.05, 0) is 0 Å². The monoisotopic (exact) mass is 150 g/mol. The molecule has 0 heterocycles. The molecule has 0 radical (unpaired) electrons. The van der Waals surface area contributed by atoms with Gasteiger partial charge in [0.25, 0.3) is 0 Å². The van der Waals surface area contributed by atoms with Crippen LogP contribution in [0.2, 0.25) is 0 Å². The van der Waals surface area contributed by atoms with Crippen LogP contribution in [0.25, 0.3) is 0 Å². The Hall–Kier alpha value is 0.360. The normalized spacial score (nSPS) is 10.1. The van der Waals surface area contributed by atoms with Gasteiger partial charge in [0, 0.05) is 0 Å². The van der Waals surface area contributed by atoms with Crippen LogP contribution in [0.3, 0.4) is 0 Å². The van der Waals surface area contributed by atoms with Crippen molar-refractivity contribution in [3.05, 3.63) is 0 Å². The standard InChI is InChI=1S/ClH.H3O5P/c;1-5-6(2,3)4/h1H;1H,(H2,2,3,4). The SMILES string of the molecule is Cl.O=P(O)(O)OO. The molecule has 46 valence electrons. The van der Waals surface area contributed by atoms with Crippen LogP contribution in [0.5, 0.6) is 0 Å². The lowest BCUT2D eigenvalue weighted by atomic mass is 15.0. The van der Waals surface area contributed by atoms with Crippen LogP contribution in [0.4, 0.5) is 0 Å². The molecule has 0 aromatic carbocycles. The minimum Gasteiger partial charge on any atom is -0.301 e. The van der Waals surface area contributed by atoms with Crippen molar-refractivity contribution >= 4 is 20.2 Å². The third-order valence-corrected chi connectivity index (χ3v) is 0.319. The second-order valence-corrected chi connectivity index (χ2v) is 1.72.